The van der Waals surface area contributed by atoms with Gasteiger partial charge in [0.2, 0.25) is 5.43 Å². The summed E-state index contributed by atoms with van der Waals surface area (Å²) in [5, 5.41) is 15.1. The Labute approximate surface area is 173 Å². The summed E-state index contributed by atoms with van der Waals surface area (Å²) in [7, 11) is 0. The van der Waals surface area contributed by atoms with E-state index in [1.807, 2.05) is 9.47 Å². The van der Waals surface area contributed by atoms with Crippen molar-refractivity contribution in [3.63, 3.8) is 0 Å². The molecule has 1 aliphatic carbocycles. The van der Waals surface area contributed by atoms with Gasteiger partial charge in [0.25, 0.3) is 0 Å². The van der Waals surface area contributed by atoms with Crippen molar-refractivity contribution in [1.29, 1.82) is 0 Å². The number of piperazine rings is 1. The lowest BCUT2D eigenvalue weighted by Crippen LogP contribution is -2.54. The fourth-order valence-electron chi connectivity index (χ4n) is 4.54. The average molecular weight is 415 g/mol. The molecule has 8 nitrogen and oxygen atoms in total. The normalized spacial score (nSPS) is 22.7. The number of hydrogen-bond acceptors (Lipinski definition) is 6. The molecule has 2 saturated heterocycles. The van der Waals surface area contributed by atoms with Gasteiger partial charge in [-0.2, -0.15) is 0 Å². The van der Waals surface area contributed by atoms with Crippen molar-refractivity contribution in [2.45, 2.75) is 31.3 Å². The number of nitrogens with zero attached hydrogens (tertiary/aromatic N) is 3. The summed E-state index contributed by atoms with van der Waals surface area (Å²) in [5.74, 6) is -1.76. The minimum Gasteiger partial charge on any atom is -0.477 e. The number of carboxylic acid groups (broad SMARTS) is 1. The monoisotopic (exact) mass is 415 g/mol. The molecule has 1 aromatic heterocycles. The van der Waals surface area contributed by atoms with E-state index in [1.54, 1.807) is 6.07 Å². The summed E-state index contributed by atoms with van der Waals surface area (Å²) in [4.78, 5) is 26.1. The van der Waals surface area contributed by atoms with Gasteiger partial charge in [-0.05, 0) is 31.4 Å². The van der Waals surface area contributed by atoms with Crippen LogP contribution in [0.2, 0.25) is 0 Å². The van der Waals surface area contributed by atoms with E-state index >= 15 is 4.39 Å². The van der Waals surface area contributed by atoms with Crippen LogP contribution in [-0.2, 0) is 0 Å². The van der Waals surface area contributed by atoms with Gasteiger partial charge in [0.1, 0.15) is 11.4 Å². The van der Waals surface area contributed by atoms with Gasteiger partial charge in [0.05, 0.1) is 11.2 Å². The lowest BCUT2D eigenvalue weighted by molar-refractivity contribution is 0.0695. The van der Waals surface area contributed by atoms with E-state index in [0.29, 0.717) is 17.7 Å². The number of carboxylic acids is 1. The molecule has 1 atom stereocenters. The zero-order valence-corrected chi connectivity index (χ0v) is 16.7. The number of aromatic carboxylic acids is 1. The van der Waals surface area contributed by atoms with Crippen LogP contribution in [0.3, 0.4) is 0 Å². The SMILES string of the molecule is O=C(O)c1cn(C2CC2)c2cc(N3CCC(NN4CCNCC4)C3)c(F)cc2c1=O. The number of fused-ring (bicyclic) bond motifs is 1. The number of aromatic nitrogens is 1. The van der Waals surface area contributed by atoms with Crippen LogP contribution in [0.25, 0.3) is 10.9 Å². The lowest BCUT2D eigenvalue weighted by atomic mass is 10.1. The van der Waals surface area contributed by atoms with Gasteiger partial charge in [0, 0.05) is 62.9 Å². The van der Waals surface area contributed by atoms with E-state index in [-0.39, 0.29) is 23.0 Å². The highest BCUT2D eigenvalue weighted by Crippen LogP contribution is 2.38. The fourth-order valence-corrected chi connectivity index (χ4v) is 4.54. The maximum atomic E-state index is 15.0. The maximum Gasteiger partial charge on any atom is 0.341 e. The smallest absolute Gasteiger partial charge is 0.341 e. The van der Waals surface area contributed by atoms with Crippen LogP contribution in [0.5, 0.6) is 0 Å². The minimum atomic E-state index is -1.28. The third-order valence-corrected chi connectivity index (χ3v) is 6.28. The third-order valence-electron chi connectivity index (χ3n) is 6.28. The van der Waals surface area contributed by atoms with Crippen molar-refractivity contribution >= 4 is 22.6 Å². The van der Waals surface area contributed by atoms with Gasteiger partial charge in [-0.1, -0.05) is 0 Å². The quantitative estimate of drug-likeness (QED) is 0.675. The highest BCUT2D eigenvalue weighted by atomic mass is 19.1. The number of pyridine rings is 1. The predicted molar refractivity (Wildman–Crippen MR) is 112 cm³/mol. The van der Waals surface area contributed by atoms with Gasteiger partial charge in [-0.15, -0.1) is 0 Å². The first-order valence-corrected chi connectivity index (χ1v) is 10.6. The van der Waals surface area contributed by atoms with E-state index < -0.39 is 17.2 Å². The summed E-state index contributed by atoms with van der Waals surface area (Å²) >= 11 is 0. The standard InChI is InChI=1S/C21H26FN5O3/c22-17-9-15-18(27(14-1-2-14)12-16(20(15)28)21(29)30)10-19(17)25-6-3-13(11-25)24-26-7-4-23-5-8-26/h9-10,12-14,23-24H,1-8,11H2,(H,29,30). The van der Waals surface area contributed by atoms with E-state index in [2.05, 4.69) is 15.8 Å². The van der Waals surface area contributed by atoms with Gasteiger partial charge in [0.15, 0.2) is 0 Å². The van der Waals surface area contributed by atoms with Crippen molar-refractivity contribution in [3.8, 4) is 0 Å². The zero-order chi connectivity index (χ0) is 20.8. The summed E-state index contributed by atoms with van der Waals surface area (Å²) in [6.07, 6.45) is 4.20. The number of carbonyl (C=O) groups is 1. The second-order valence-corrected chi connectivity index (χ2v) is 8.43. The van der Waals surface area contributed by atoms with Gasteiger partial charge in [-0.25, -0.2) is 14.2 Å². The number of rotatable bonds is 5. The molecule has 3 fully saturated rings. The molecule has 3 heterocycles. The third kappa shape index (κ3) is 3.57. The first-order valence-electron chi connectivity index (χ1n) is 10.6. The molecular formula is C21H26FN5O3. The number of halogens is 1. The first-order chi connectivity index (χ1) is 14.5. The number of hydrazine groups is 1. The van der Waals surface area contributed by atoms with Crippen molar-refractivity contribution in [2.24, 2.45) is 0 Å². The molecule has 9 heteroatoms. The molecule has 1 saturated carbocycles. The van der Waals surface area contributed by atoms with Crippen LogP contribution < -0.4 is 21.1 Å². The number of benzene rings is 1. The molecule has 2 aromatic rings. The Balaban J connectivity index is 1.46. The Hall–Kier alpha value is -2.49. The molecule has 0 spiro atoms. The Kier molecular flexibility index (Phi) is 4.96. The maximum absolute atomic E-state index is 15.0. The largest absolute Gasteiger partial charge is 0.477 e. The molecule has 5 rings (SSSR count). The molecule has 1 unspecified atom stereocenters. The molecule has 1 aromatic carbocycles. The molecule has 0 bridgehead atoms. The van der Waals surface area contributed by atoms with Gasteiger partial charge < -0.3 is 19.9 Å². The molecule has 30 heavy (non-hydrogen) atoms. The van der Waals surface area contributed by atoms with Gasteiger partial charge in [-0.3, -0.25) is 10.2 Å². The fraction of sp³-hybridized carbons (Fsp3) is 0.524. The van der Waals surface area contributed by atoms with Crippen LogP contribution in [0.4, 0.5) is 10.1 Å². The van der Waals surface area contributed by atoms with Crippen LogP contribution in [0, 0.1) is 5.82 Å². The van der Waals surface area contributed by atoms with Crippen LogP contribution in [0.15, 0.2) is 23.1 Å². The summed E-state index contributed by atoms with van der Waals surface area (Å²) in [6, 6.07) is 3.36. The summed E-state index contributed by atoms with van der Waals surface area (Å²) < 4.78 is 16.9. The number of nitrogens with one attached hydrogen (secondary N) is 2. The number of anilines is 1. The molecule has 3 N–H and O–H groups in total. The molecule has 2 aliphatic heterocycles. The molecule has 0 amide bonds. The van der Waals surface area contributed by atoms with Crippen molar-refractivity contribution in [1.82, 2.24) is 20.3 Å². The highest BCUT2D eigenvalue weighted by Gasteiger charge is 2.30. The van der Waals surface area contributed by atoms with E-state index in [9.17, 15) is 14.7 Å². The highest BCUT2D eigenvalue weighted by molar-refractivity contribution is 5.93. The molecule has 3 aliphatic rings. The predicted octanol–water partition coefficient (Wildman–Crippen LogP) is 1.16. The molecule has 0 radical (unpaired) electrons. The van der Waals surface area contributed by atoms with E-state index in [0.717, 1.165) is 52.0 Å². The zero-order valence-electron chi connectivity index (χ0n) is 16.7. The van der Waals surface area contributed by atoms with Crippen molar-refractivity contribution in [2.75, 3.05) is 44.2 Å². The first kappa shape index (κ1) is 19.5. The van der Waals surface area contributed by atoms with Crippen molar-refractivity contribution < 1.29 is 14.3 Å². The lowest BCUT2D eigenvalue weighted by Gasteiger charge is -2.30. The number of hydrogen-bond donors (Lipinski definition) is 3. The Morgan fingerprint density at radius 1 is 1.17 bits per heavy atom. The van der Waals surface area contributed by atoms with E-state index in [1.165, 1.54) is 12.3 Å². The minimum absolute atomic E-state index is 0.137. The van der Waals surface area contributed by atoms with Crippen LogP contribution in [-0.4, -0.2) is 66.0 Å². The van der Waals surface area contributed by atoms with Crippen LogP contribution >= 0.6 is 0 Å². The molecule has 160 valence electrons. The average Bonchev–Trinajstić information content (AvgIpc) is 3.47. The second kappa shape index (κ2) is 7.64. The Bertz CT molecular complexity index is 1050. The summed E-state index contributed by atoms with van der Waals surface area (Å²) in [6.45, 7) is 5.22. The van der Waals surface area contributed by atoms with E-state index in [4.69, 9.17) is 0 Å². The Morgan fingerprint density at radius 3 is 2.63 bits per heavy atom. The second-order valence-electron chi connectivity index (χ2n) is 8.43. The van der Waals surface area contributed by atoms with Gasteiger partial charge >= 0.3 is 5.97 Å². The Morgan fingerprint density at radius 2 is 1.93 bits per heavy atom. The summed E-state index contributed by atoms with van der Waals surface area (Å²) in [5.41, 5.74) is 3.71. The topological polar surface area (TPSA) is 89.8 Å². The van der Waals surface area contributed by atoms with Crippen LogP contribution in [0.1, 0.15) is 35.7 Å². The molecular weight excluding hydrogens is 389 g/mol. The van der Waals surface area contributed by atoms with Crippen molar-refractivity contribution in [3.05, 3.63) is 39.9 Å².